The highest BCUT2D eigenvalue weighted by Crippen LogP contribution is 2.23. The van der Waals surface area contributed by atoms with Crippen molar-refractivity contribution >= 4 is 21.6 Å². The summed E-state index contributed by atoms with van der Waals surface area (Å²) in [4.78, 5) is 13.0. The zero-order valence-electron chi connectivity index (χ0n) is 11.2. The van der Waals surface area contributed by atoms with E-state index in [1.54, 1.807) is 12.1 Å². The molecule has 1 aromatic carbocycles. The number of hydrogen-bond acceptors (Lipinski definition) is 5. The Morgan fingerprint density at radius 3 is 2.85 bits per heavy atom. The molecule has 0 saturated carbocycles. The van der Waals surface area contributed by atoms with Gasteiger partial charge >= 0.3 is 0 Å². The van der Waals surface area contributed by atoms with E-state index in [0.29, 0.717) is 12.1 Å². The number of benzene rings is 1. The van der Waals surface area contributed by atoms with Crippen molar-refractivity contribution in [1.29, 1.82) is 0 Å². The van der Waals surface area contributed by atoms with Crippen LogP contribution in [0.2, 0.25) is 0 Å². The van der Waals surface area contributed by atoms with E-state index < -0.39 is 0 Å². The minimum absolute atomic E-state index is 0.151. The Bertz CT molecular complexity index is 464. The average Bonchev–Trinajstić information content (AvgIpc) is 2.45. The second kappa shape index (κ2) is 7.68. The van der Waals surface area contributed by atoms with E-state index in [0.717, 1.165) is 43.9 Å². The summed E-state index contributed by atoms with van der Waals surface area (Å²) in [6.07, 6.45) is 0. The smallest absolute Gasteiger partial charge is 0.275 e. The van der Waals surface area contributed by atoms with Gasteiger partial charge in [0.1, 0.15) is 0 Å². The normalized spacial score (nSPS) is 16.2. The maximum absolute atomic E-state index is 11.0. The molecule has 1 saturated heterocycles. The van der Waals surface area contributed by atoms with E-state index in [2.05, 4.69) is 26.1 Å². The van der Waals surface area contributed by atoms with Crippen molar-refractivity contribution in [2.75, 3.05) is 39.4 Å². The molecule has 1 fully saturated rings. The van der Waals surface area contributed by atoms with Crippen LogP contribution >= 0.6 is 15.9 Å². The van der Waals surface area contributed by atoms with Crippen molar-refractivity contribution in [2.24, 2.45) is 0 Å². The number of nitrogens with zero attached hydrogens (tertiary/aromatic N) is 2. The summed E-state index contributed by atoms with van der Waals surface area (Å²) in [6, 6.07) is 5.15. The maximum Gasteiger partial charge on any atom is 0.275 e. The fraction of sp³-hybridized carbons (Fsp3) is 0.538. The molecule has 0 radical (unpaired) electrons. The second-order valence-electron chi connectivity index (χ2n) is 4.66. The zero-order chi connectivity index (χ0) is 14.4. The molecule has 0 atom stereocenters. The van der Waals surface area contributed by atoms with Gasteiger partial charge in [0.15, 0.2) is 0 Å². The third-order valence-electron chi connectivity index (χ3n) is 3.27. The topological polar surface area (TPSA) is 67.6 Å². The highest BCUT2D eigenvalue weighted by molar-refractivity contribution is 9.10. The third-order valence-corrected chi connectivity index (χ3v) is 3.76. The van der Waals surface area contributed by atoms with E-state index in [-0.39, 0.29) is 10.6 Å². The number of nitro benzene ring substituents is 1. The molecule has 0 unspecified atom stereocenters. The van der Waals surface area contributed by atoms with Crippen LogP contribution in [0, 0.1) is 10.1 Å². The third kappa shape index (κ3) is 4.52. The Morgan fingerprint density at radius 2 is 2.15 bits per heavy atom. The Hall–Kier alpha value is -1.02. The van der Waals surface area contributed by atoms with E-state index in [1.165, 1.54) is 0 Å². The Morgan fingerprint density at radius 1 is 1.40 bits per heavy atom. The minimum atomic E-state index is -0.344. The molecule has 6 nitrogen and oxygen atoms in total. The van der Waals surface area contributed by atoms with Crippen molar-refractivity contribution in [1.82, 2.24) is 10.2 Å². The fourth-order valence-corrected chi connectivity index (χ4v) is 2.49. The number of ether oxygens (including phenoxy) is 1. The number of rotatable bonds is 6. The molecule has 1 aliphatic rings. The van der Waals surface area contributed by atoms with Gasteiger partial charge in [0.05, 0.1) is 18.1 Å². The van der Waals surface area contributed by atoms with Crippen molar-refractivity contribution in [3.63, 3.8) is 0 Å². The molecule has 0 aliphatic carbocycles. The van der Waals surface area contributed by atoms with Crippen LogP contribution in [-0.2, 0) is 11.3 Å². The highest BCUT2D eigenvalue weighted by Gasteiger charge is 2.14. The molecule has 0 aromatic heterocycles. The SMILES string of the molecule is O=[N+]([O-])c1cc(Br)ccc1CNCCN1CCOCC1. The molecule has 110 valence electrons. The summed E-state index contributed by atoms with van der Waals surface area (Å²) < 4.78 is 6.01. The van der Waals surface area contributed by atoms with Crippen molar-refractivity contribution < 1.29 is 9.66 Å². The number of nitro groups is 1. The lowest BCUT2D eigenvalue weighted by Crippen LogP contribution is -2.40. The molecule has 1 aliphatic heterocycles. The quantitative estimate of drug-likeness (QED) is 0.484. The van der Waals surface area contributed by atoms with Crippen LogP contribution in [0.3, 0.4) is 0 Å². The monoisotopic (exact) mass is 343 g/mol. The molecule has 0 amide bonds. The summed E-state index contributed by atoms with van der Waals surface area (Å²) >= 11 is 3.26. The van der Waals surface area contributed by atoms with Gasteiger partial charge in [0, 0.05) is 48.8 Å². The van der Waals surface area contributed by atoms with Gasteiger partial charge in [0.2, 0.25) is 0 Å². The first-order valence-electron chi connectivity index (χ1n) is 6.60. The van der Waals surface area contributed by atoms with E-state index >= 15 is 0 Å². The lowest BCUT2D eigenvalue weighted by Gasteiger charge is -2.26. The Kier molecular flexibility index (Phi) is 5.90. The molecule has 1 aromatic rings. The number of hydrogen-bond donors (Lipinski definition) is 1. The maximum atomic E-state index is 11.0. The number of halogens is 1. The van der Waals surface area contributed by atoms with E-state index in [1.807, 2.05) is 6.07 Å². The largest absolute Gasteiger partial charge is 0.379 e. The molecule has 7 heteroatoms. The summed E-state index contributed by atoms with van der Waals surface area (Å²) in [6.45, 7) is 5.76. The predicted molar refractivity (Wildman–Crippen MR) is 79.8 cm³/mol. The molecular formula is C13H18BrN3O3. The van der Waals surface area contributed by atoms with Crippen molar-refractivity contribution in [3.05, 3.63) is 38.3 Å². The van der Waals surface area contributed by atoms with Crippen LogP contribution in [0.25, 0.3) is 0 Å². The zero-order valence-corrected chi connectivity index (χ0v) is 12.8. The van der Waals surface area contributed by atoms with Crippen LogP contribution < -0.4 is 5.32 Å². The highest BCUT2D eigenvalue weighted by atomic mass is 79.9. The van der Waals surface area contributed by atoms with Gasteiger partial charge in [0.25, 0.3) is 5.69 Å². The van der Waals surface area contributed by atoms with Crippen molar-refractivity contribution in [2.45, 2.75) is 6.54 Å². The fourth-order valence-electron chi connectivity index (χ4n) is 2.14. The van der Waals surface area contributed by atoms with Crippen molar-refractivity contribution in [3.8, 4) is 0 Å². The first-order valence-corrected chi connectivity index (χ1v) is 7.40. The van der Waals surface area contributed by atoms with E-state index in [9.17, 15) is 10.1 Å². The van der Waals surface area contributed by atoms with Crippen LogP contribution in [0.15, 0.2) is 22.7 Å². The first-order chi connectivity index (χ1) is 9.66. The standard InChI is InChI=1S/C13H18BrN3O3/c14-12-2-1-11(13(9-12)17(18)19)10-15-3-4-16-5-7-20-8-6-16/h1-2,9,15H,3-8,10H2. The lowest BCUT2D eigenvalue weighted by molar-refractivity contribution is -0.385. The van der Waals surface area contributed by atoms with Gasteiger partial charge in [-0.15, -0.1) is 0 Å². The van der Waals surface area contributed by atoms with Crippen LogP contribution in [-0.4, -0.2) is 49.2 Å². The Labute approximate surface area is 126 Å². The number of nitrogens with one attached hydrogen (secondary N) is 1. The Balaban J connectivity index is 1.80. The van der Waals surface area contributed by atoms with Gasteiger partial charge in [-0.05, 0) is 12.1 Å². The van der Waals surface area contributed by atoms with Crippen LogP contribution in [0.4, 0.5) is 5.69 Å². The van der Waals surface area contributed by atoms with Gasteiger partial charge in [-0.1, -0.05) is 15.9 Å². The van der Waals surface area contributed by atoms with Gasteiger partial charge in [-0.2, -0.15) is 0 Å². The van der Waals surface area contributed by atoms with Crippen LogP contribution in [0.1, 0.15) is 5.56 Å². The van der Waals surface area contributed by atoms with Gasteiger partial charge in [-0.3, -0.25) is 15.0 Å². The summed E-state index contributed by atoms with van der Waals surface area (Å²) in [7, 11) is 0. The second-order valence-corrected chi connectivity index (χ2v) is 5.58. The molecule has 0 bridgehead atoms. The van der Waals surface area contributed by atoms with E-state index in [4.69, 9.17) is 4.74 Å². The molecule has 2 rings (SSSR count). The summed E-state index contributed by atoms with van der Waals surface area (Å²) in [5.41, 5.74) is 0.860. The molecular weight excluding hydrogens is 326 g/mol. The minimum Gasteiger partial charge on any atom is -0.379 e. The molecule has 20 heavy (non-hydrogen) atoms. The van der Waals surface area contributed by atoms with Gasteiger partial charge in [-0.25, -0.2) is 0 Å². The molecule has 1 heterocycles. The predicted octanol–water partition coefficient (Wildman–Crippen LogP) is 1.78. The lowest BCUT2D eigenvalue weighted by atomic mass is 10.2. The van der Waals surface area contributed by atoms with Gasteiger partial charge < -0.3 is 10.1 Å². The average molecular weight is 344 g/mol. The summed E-state index contributed by atoms with van der Waals surface area (Å²) in [5.74, 6) is 0. The number of morpholine rings is 1. The first kappa shape index (κ1) is 15.4. The molecule has 0 spiro atoms. The summed E-state index contributed by atoms with van der Waals surface area (Å²) in [5, 5.41) is 14.3. The van der Waals surface area contributed by atoms with Crippen LogP contribution in [0.5, 0.6) is 0 Å². The molecule has 1 N–H and O–H groups in total.